The molecule has 0 aliphatic heterocycles. The molecule has 15 heteroatoms. The van der Waals surface area contributed by atoms with Gasteiger partial charge in [0.1, 0.15) is 27.6 Å². The zero-order valence-corrected chi connectivity index (χ0v) is 21.2. The highest BCUT2D eigenvalue weighted by Crippen LogP contribution is 2.35. The fourth-order valence-electron chi connectivity index (χ4n) is 3.21. The average Bonchev–Trinajstić information content (AvgIpc) is 2.88. The number of carbonyl (C=O) groups excluding carboxylic acids is 1. The van der Waals surface area contributed by atoms with E-state index in [9.17, 15) is 22.0 Å². The van der Waals surface area contributed by atoms with Gasteiger partial charge in [-0.1, -0.05) is 23.9 Å². The summed E-state index contributed by atoms with van der Waals surface area (Å²) in [5.41, 5.74) is -1.15. The summed E-state index contributed by atoms with van der Waals surface area (Å²) in [4.78, 5) is 27.9. The van der Waals surface area contributed by atoms with Crippen molar-refractivity contribution in [3.05, 3.63) is 107 Å². The summed E-state index contributed by atoms with van der Waals surface area (Å²) in [6, 6.07) is 7.02. The highest BCUT2D eigenvalue weighted by molar-refractivity contribution is 8.15. The van der Waals surface area contributed by atoms with Gasteiger partial charge >= 0.3 is 0 Å². The predicted octanol–water partition coefficient (Wildman–Crippen LogP) is 4.82. The normalized spacial score (nSPS) is 12.1. The van der Waals surface area contributed by atoms with Crippen LogP contribution in [0, 0.1) is 22.9 Å². The third-order valence-electron chi connectivity index (χ3n) is 4.88. The van der Waals surface area contributed by atoms with E-state index in [2.05, 4.69) is 19.9 Å². The Morgan fingerprint density at radius 2 is 1.71 bits per heavy atom. The van der Waals surface area contributed by atoms with Crippen LogP contribution >= 0.6 is 23.4 Å². The Hall–Kier alpha value is -3.88. The van der Waals surface area contributed by atoms with Gasteiger partial charge in [-0.3, -0.25) is 24.9 Å². The second-order valence-corrected chi connectivity index (χ2v) is 10.4. The second-order valence-electron chi connectivity index (χ2n) is 7.36. The van der Waals surface area contributed by atoms with E-state index in [-0.39, 0.29) is 21.7 Å². The van der Waals surface area contributed by atoms with Crippen LogP contribution in [-0.4, -0.2) is 39.2 Å². The molecule has 1 atom stereocenters. The predicted molar refractivity (Wildman–Crippen MR) is 134 cm³/mol. The van der Waals surface area contributed by atoms with Crippen LogP contribution in [0.4, 0.5) is 18.9 Å². The molecule has 0 radical (unpaired) electrons. The van der Waals surface area contributed by atoms with Crippen LogP contribution in [0.3, 0.4) is 0 Å². The Kier molecular flexibility index (Phi) is 8.04. The SMILES string of the molecule is N=C(SC(C(=O)c1cccc(NS(=O)(=O)c2c(F)cccc2F)c1F)c1ccnc(Cl)n1)c1cnccn1. The first kappa shape index (κ1) is 27.2. The molecule has 0 fully saturated rings. The van der Waals surface area contributed by atoms with Gasteiger partial charge < -0.3 is 0 Å². The van der Waals surface area contributed by atoms with Crippen molar-refractivity contribution in [3.63, 3.8) is 0 Å². The van der Waals surface area contributed by atoms with Gasteiger partial charge in [0, 0.05) is 18.6 Å². The average molecular weight is 579 g/mol. The summed E-state index contributed by atoms with van der Waals surface area (Å²) in [6.07, 6.45) is 5.29. The minimum Gasteiger partial charge on any atom is -0.292 e. The molecule has 1 unspecified atom stereocenters. The van der Waals surface area contributed by atoms with E-state index in [4.69, 9.17) is 17.0 Å². The van der Waals surface area contributed by atoms with Gasteiger partial charge in [-0.15, -0.1) is 0 Å². The smallest absolute Gasteiger partial charge is 0.267 e. The number of rotatable bonds is 8. The maximum atomic E-state index is 15.5. The number of carbonyl (C=O) groups is 1. The topological polar surface area (TPSA) is 139 Å². The first-order valence-corrected chi connectivity index (χ1v) is 13.1. The quantitative estimate of drug-likeness (QED) is 0.131. The molecule has 0 aliphatic carbocycles. The molecule has 0 spiro atoms. The van der Waals surface area contributed by atoms with Gasteiger partial charge in [0.25, 0.3) is 10.0 Å². The number of Topliss-reactive ketones (excluding diaryl/α,β-unsaturated/α-hetero) is 1. The number of hydrogen-bond acceptors (Lipinski definition) is 9. The Morgan fingerprint density at radius 1 is 1.00 bits per heavy atom. The van der Waals surface area contributed by atoms with Gasteiger partial charge in [-0.05, 0) is 41.9 Å². The molecular weight excluding hydrogens is 565 g/mol. The minimum absolute atomic E-state index is 0.0347. The summed E-state index contributed by atoms with van der Waals surface area (Å²) >= 11 is 6.54. The van der Waals surface area contributed by atoms with Crippen LogP contribution in [0.25, 0.3) is 0 Å². The van der Waals surface area contributed by atoms with Crippen molar-refractivity contribution < 1.29 is 26.4 Å². The zero-order chi connectivity index (χ0) is 27.4. The van der Waals surface area contributed by atoms with E-state index in [1.54, 1.807) is 4.72 Å². The Labute approximate surface area is 223 Å². The van der Waals surface area contributed by atoms with E-state index < -0.39 is 54.7 Å². The molecule has 4 rings (SSSR count). The molecule has 0 saturated heterocycles. The Bertz CT molecular complexity index is 1620. The summed E-state index contributed by atoms with van der Waals surface area (Å²) in [7, 11) is -4.92. The molecule has 2 N–H and O–H groups in total. The highest BCUT2D eigenvalue weighted by Gasteiger charge is 2.31. The van der Waals surface area contributed by atoms with E-state index in [1.165, 1.54) is 36.9 Å². The lowest BCUT2D eigenvalue weighted by molar-refractivity contribution is 0.0985. The summed E-state index contributed by atoms with van der Waals surface area (Å²) in [5.74, 6) is -4.99. The molecule has 9 nitrogen and oxygen atoms in total. The molecule has 0 amide bonds. The molecule has 38 heavy (non-hydrogen) atoms. The summed E-state index contributed by atoms with van der Waals surface area (Å²) < 4.78 is 70.8. The maximum absolute atomic E-state index is 15.5. The standard InChI is InChI=1S/C23H14ClF3N6O3S2/c24-23-31-8-7-16(32-23)20(37-22(28)17-11-29-9-10-30-17)19(34)12-3-1-6-15(18(12)27)33-38(35,36)21-13(25)4-2-5-14(21)26/h1-11,20,28,33H. The van der Waals surface area contributed by atoms with Crippen LogP contribution in [0.15, 0.2) is 72.1 Å². The number of nitrogens with zero attached hydrogens (tertiary/aromatic N) is 4. The van der Waals surface area contributed by atoms with Crippen LogP contribution in [0.2, 0.25) is 5.28 Å². The van der Waals surface area contributed by atoms with Crippen molar-refractivity contribution in [2.75, 3.05) is 4.72 Å². The van der Waals surface area contributed by atoms with Crippen LogP contribution in [0.1, 0.15) is 27.0 Å². The molecule has 2 aromatic heterocycles. The summed E-state index contributed by atoms with van der Waals surface area (Å²) in [6.45, 7) is 0. The number of thioether (sulfide) groups is 1. The van der Waals surface area contributed by atoms with Crippen LogP contribution in [0.5, 0.6) is 0 Å². The molecule has 0 aliphatic rings. The second kappa shape index (κ2) is 11.2. The third-order valence-corrected chi connectivity index (χ3v) is 7.62. The molecule has 0 bridgehead atoms. The lowest BCUT2D eigenvalue weighted by Crippen LogP contribution is -2.19. The first-order valence-electron chi connectivity index (χ1n) is 10.4. The monoisotopic (exact) mass is 578 g/mol. The number of aromatic nitrogens is 4. The van der Waals surface area contributed by atoms with Crippen molar-refractivity contribution in [2.24, 2.45) is 0 Å². The van der Waals surface area contributed by atoms with Crippen molar-refractivity contribution in [1.82, 2.24) is 19.9 Å². The van der Waals surface area contributed by atoms with Gasteiger partial charge in [0.05, 0.1) is 23.1 Å². The lowest BCUT2D eigenvalue weighted by atomic mass is 10.0. The van der Waals surface area contributed by atoms with Gasteiger partial charge in [0.15, 0.2) is 16.5 Å². The number of ketones is 1. The lowest BCUT2D eigenvalue weighted by Gasteiger charge is -2.17. The maximum Gasteiger partial charge on any atom is 0.267 e. The number of hydrogen-bond donors (Lipinski definition) is 2. The van der Waals surface area contributed by atoms with Crippen LogP contribution in [-0.2, 0) is 10.0 Å². The molecule has 4 aromatic rings. The van der Waals surface area contributed by atoms with E-state index in [0.717, 1.165) is 30.3 Å². The number of benzene rings is 2. The zero-order valence-electron chi connectivity index (χ0n) is 18.8. The highest BCUT2D eigenvalue weighted by atomic mass is 35.5. The summed E-state index contributed by atoms with van der Waals surface area (Å²) in [5, 5.41) is 6.60. The van der Waals surface area contributed by atoms with Crippen molar-refractivity contribution in [2.45, 2.75) is 10.1 Å². The Balaban J connectivity index is 1.72. The van der Waals surface area contributed by atoms with Gasteiger partial charge in [0.2, 0.25) is 5.28 Å². The van der Waals surface area contributed by atoms with Gasteiger partial charge in [-0.2, -0.15) is 0 Å². The minimum atomic E-state index is -4.92. The largest absolute Gasteiger partial charge is 0.292 e. The number of halogens is 4. The number of anilines is 1. The van der Waals surface area contributed by atoms with Crippen molar-refractivity contribution in [1.29, 1.82) is 5.41 Å². The third kappa shape index (κ3) is 5.82. The van der Waals surface area contributed by atoms with Crippen LogP contribution < -0.4 is 4.72 Å². The fourth-order valence-corrected chi connectivity index (χ4v) is 5.51. The number of nitrogens with one attached hydrogen (secondary N) is 2. The van der Waals surface area contributed by atoms with Crippen molar-refractivity contribution in [3.8, 4) is 0 Å². The van der Waals surface area contributed by atoms with E-state index in [0.29, 0.717) is 11.8 Å². The molecule has 2 heterocycles. The number of sulfonamides is 1. The van der Waals surface area contributed by atoms with E-state index >= 15 is 4.39 Å². The fraction of sp³-hybridized carbons (Fsp3) is 0.0435. The molecule has 194 valence electrons. The van der Waals surface area contributed by atoms with Gasteiger partial charge in [-0.25, -0.2) is 31.6 Å². The van der Waals surface area contributed by atoms with E-state index in [1.807, 2.05) is 0 Å². The Morgan fingerprint density at radius 3 is 2.37 bits per heavy atom. The first-order chi connectivity index (χ1) is 18.1. The molecule has 2 aromatic carbocycles. The molecular formula is C23H14ClF3N6O3S2. The molecule has 0 saturated carbocycles. The van der Waals surface area contributed by atoms with Crippen molar-refractivity contribution >= 4 is 49.9 Å².